The molecule has 5 atom stereocenters. The van der Waals surface area contributed by atoms with E-state index in [-0.39, 0.29) is 24.8 Å². The number of hydrogen-bond acceptors (Lipinski definition) is 3. The Bertz CT molecular complexity index is 622. The van der Waals surface area contributed by atoms with Crippen LogP contribution in [0.1, 0.15) is 45.6 Å². The minimum atomic E-state index is -0.276. The molecule has 0 amide bonds. The fourth-order valence-electron chi connectivity index (χ4n) is 5.20. The number of halogens is 1. The zero-order chi connectivity index (χ0) is 17.1. The summed E-state index contributed by atoms with van der Waals surface area (Å²) >= 11 is 5.94. The first-order chi connectivity index (χ1) is 11.3. The maximum atomic E-state index is 6.44. The van der Waals surface area contributed by atoms with Crippen LogP contribution in [0.5, 0.6) is 0 Å². The van der Waals surface area contributed by atoms with Gasteiger partial charge in [0.05, 0.1) is 11.7 Å². The van der Waals surface area contributed by atoms with Crippen LogP contribution in [-0.2, 0) is 15.7 Å². The molecular weight excluding hydrogens is 320 g/mol. The van der Waals surface area contributed by atoms with E-state index in [1.54, 1.807) is 0 Å². The normalized spacial score (nSPS) is 37.7. The van der Waals surface area contributed by atoms with E-state index in [0.29, 0.717) is 11.3 Å². The highest BCUT2D eigenvalue weighted by molar-refractivity contribution is 6.47. The third kappa shape index (κ3) is 2.54. The first-order valence-electron chi connectivity index (χ1n) is 9.14. The number of nitrogens with two attached hydrogens (primary N) is 1. The van der Waals surface area contributed by atoms with Gasteiger partial charge in [-0.2, -0.15) is 0 Å². The molecular formula is C19H27BClNO2. The van der Waals surface area contributed by atoms with Crippen molar-refractivity contribution in [2.24, 2.45) is 23.0 Å². The second-order valence-electron chi connectivity index (χ2n) is 8.67. The van der Waals surface area contributed by atoms with E-state index < -0.39 is 0 Å². The lowest BCUT2D eigenvalue weighted by Gasteiger charge is -2.64. The number of hydrogen-bond donors (Lipinski definition) is 1. The molecule has 0 spiro atoms. The zero-order valence-corrected chi connectivity index (χ0v) is 15.6. The van der Waals surface area contributed by atoms with E-state index in [1.807, 2.05) is 12.1 Å². The number of rotatable bonds is 4. The third-order valence-corrected chi connectivity index (χ3v) is 7.25. The first kappa shape index (κ1) is 16.9. The Balaban J connectivity index is 1.39. The van der Waals surface area contributed by atoms with E-state index in [2.05, 4.69) is 32.9 Å². The molecule has 3 aliphatic carbocycles. The Morgan fingerprint density at radius 3 is 2.62 bits per heavy atom. The van der Waals surface area contributed by atoms with Gasteiger partial charge in [-0.25, -0.2) is 0 Å². The smallest absolute Gasteiger partial charge is 0.404 e. The van der Waals surface area contributed by atoms with Crippen molar-refractivity contribution in [1.82, 2.24) is 0 Å². The lowest BCUT2D eigenvalue weighted by Crippen LogP contribution is -2.65. The van der Waals surface area contributed by atoms with Crippen LogP contribution in [0.3, 0.4) is 0 Å². The molecule has 0 unspecified atom stereocenters. The molecule has 5 rings (SSSR count). The molecule has 5 heteroatoms. The molecule has 4 fully saturated rings. The Morgan fingerprint density at radius 1 is 1.25 bits per heavy atom. The fraction of sp³-hybridized carbons (Fsp3) is 0.684. The summed E-state index contributed by atoms with van der Waals surface area (Å²) < 4.78 is 12.7. The van der Waals surface area contributed by atoms with Gasteiger partial charge in [-0.1, -0.05) is 37.6 Å². The summed E-state index contributed by atoms with van der Waals surface area (Å²) in [5.74, 6) is 1.26. The highest BCUT2D eigenvalue weighted by Gasteiger charge is 2.68. The van der Waals surface area contributed by atoms with Gasteiger partial charge >= 0.3 is 7.12 Å². The Morgan fingerprint density at radius 2 is 1.96 bits per heavy atom. The molecule has 4 aliphatic rings. The third-order valence-electron chi connectivity index (χ3n) is 7.00. The summed E-state index contributed by atoms with van der Waals surface area (Å²) in [5.41, 5.74) is 7.88. The lowest BCUT2D eigenvalue weighted by atomic mass is 9.43. The van der Waals surface area contributed by atoms with Crippen LogP contribution < -0.4 is 5.73 Å². The van der Waals surface area contributed by atoms with Crippen LogP contribution in [0.2, 0.25) is 5.02 Å². The lowest BCUT2D eigenvalue weighted by molar-refractivity contribution is -0.199. The molecule has 0 radical (unpaired) electrons. The zero-order valence-electron chi connectivity index (χ0n) is 14.8. The average Bonchev–Trinajstić information content (AvgIpc) is 2.91. The highest BCUT2D eigenvalue weighted by Crippen LogP contribution is 2.65. The van der Waals surface area contributed by atoms with E-state index in [9.17, 15) is 0 Å². The van der Waals surface area contributed by atoms with E-state index in [0.717, 1.165) is 30.2 Å². The predicted octanol–water partition coefficient (Wildman–Crippen LogP) is 3.87. The molecule has 2 N–H and O–H groups in total. The van der Waals surface area contributed by atoms with Crippen LogP contribution in [0.4, 0.5) is 0 Å². The topological polar surface area (TPSA) is 44.5 Å². The highest BCUT2D eigenvalue weighted by atomic mass is 35.5. The standard InChI is InChI=1S/C19H27BClNO2/c1-18(2)13-10-15(18)19(3)16(11-13)23-20(24-19)17(22)9-6-12-4-7-14(21)8-5-12/h4-5,7-8,13,15-17H,6,9-11,22H2,1-3H3/t13-,15-,16+,17-,19-/m0/s1. The number of benzene rings is 1. The van der Waals surface area contributed by atoms with Gasteiger partial charge in [-0.15, -0.1) is 0 Å². The van der Waals surface area contributed by atoms with Gasteiger partial charge in [0.1, 0.15) is 0 Å². The van der Waals surface area contributed by atoms with Crippen molar-refractivity contribution >= 4 is 18.7 Å². The van der Waals surface area contributed by atoms with Crippen LogP contribution in [-0.4, -0.2) is 24.8 Å². The van der Waals surface area contributed by atoms with Gasteiger partial charge < -0.3 is 15.0 Å². The van der Waals surface area contributed by atoms with Gasteiger partial charge in [0.25, 0.3) is 0 Å². The van der Waals surface area contributed by atoms with Crippen LogP contribution >= 0.6 is 11.6 Å². The van der Waals surface area contributed by atoms with Crippen molar-refractivity contribution in [1.29, 1.82) is 0 Å². The summed E-state index contributed by atoms with van der Waals surface area (Å²) in [6.45, 7) is 7.00. The summed E-state index contributed by atoms with van der Waals surface area (Å²) in [4.78, 5) is 0. The van der Waals surface area contributed by atoms with Gasteiger partial charge in [0.15, 0.2) is 0 Å². The summed E-state index contributed by atoms with van der Waals surface area (Å²) in [6, 6.07) is 7.97. The van der Waals surface area contributed by atoms with Crippen LogP contribution in [0.25, 0.3) is 0 Å². The maximum Gasteiger partial charge on any atom is 0.475 e. The average molecular weight is 348 g/mol. The quantitative estimate of drug-likeness (QED) is 0.841. The summed E-state index contributed by atoms with van der Waals surface area (Å²) in [6.07, 6.45) is 4.37. The Hall–Kier alpha value is -0.545. The minimum absolute atomic E-state index is 0.0941. The second kappa shape index (κ2) is 5.73. The van der Waals surface area contributed by atoms with Crippen molar-refractivity contribution in [3.63, 3.8) is 0 Å². The van der Waals surface area contributed by atoms with Gasteiger partial charge in [0.2, 0.25) is 0 Å². The summed E-state index contributed by atoms with van der Waals surface area (Å²) in [5, 5.41) is 0.768. The fourth-order valence-corrected chi connectivity index (χ4v) is 5.33. The molecule has 3 nitrogen and oxygen atoms in total. The SMILES string of the molecule is CC1(C)[C@@H]2C[C@H]3OB([C@@H](N)CCc4ccc(Cl)cc4)O[C@@]3(C)[C@H]1C2. The van der Waals surface area contributed by atoms with E-state index >= 15 is 0 Å². The molecule has 1 aromatic rings. The molecule has 1 saturated heterocycles. The Kier molecular flexibility index (Phi) is 4.04. The molecule has 3 saturated carbocycles. The number of aryl methyl sites for hydroxylation is 1. The van der Waals surface area contributed by atoms with Crippen molar-refractivity contribution in [2.45, 2.75) is 64.1 Å². The van der Waals surface area contributed by atoms with E-state index in [4.69, 9.17) is 26.6 Å². The summed E-state index contributed by atoms with van der Waals surface area (Å²) in [7, 11) is -0.276. The molecule has 1 heterocycles. The van der Waals surface area contributed by atoms with Gasteiger partial charge in [-0.05, 0) is 67.6 Å². The van der Waals surface area contributed by atoms with E-state index in [1.165, 1.54) is 12.0 Å². The first-order valence-corrected chi connectivity index (χ1v) is 9.52. The molecule has 1 aromatic carbocycles. The molecule has 0 aromatic heterocycles. The largest absolute Gasteiger partial charge is 0.475 e. The van der Waals surface area contributed by atoms with Crippen molar-refractivity contribution in [3.8, 4) is 0 Å². The van der Waals surface area contributed by atoms with Crippen LogP contribution in [0.15, 0.2) is 24.3 Å². The Labute approximate surface area is 150 Å². The molecule has 1 aliphatic heterocycles. The molecule has 2 bridgehead atoms. The van der Waals surface area contributed by atoms with Gasteiger partial charge in [0, 0.05) is 11.0 Å². The molecule has 130 valence electrons. The molecule has 24 heavy (non-hydrogen) atoms. The monoisotopic (exact) mass is 347 g/mol. The predicted molar refractivity (Wildman–Crippen MR) is 97.9 cm³/mol. The van der Waals surface area contributed by atoms with Crippen LogP contribution in [0, 0.1) is 17.3 Å². The maximum absolute atomic E-state index is 6.44. The van der Waals surface area contributed by atoms with Crippen molar-refractivity contribution in [3.05, 3.63) is 34.9 Å². The minimum Gasteiger partial charge on any atom is -0.404 e. The van der Waals surface area contributed by atoms with Crippen molar-refractivity contribution in [2.75, 3.05) is 0 Å². The van der Waals surface area contributed by atoms with Crippen molar-refractivity contribution < 1.29 is 9.31 Å². The van der Waals surface area contributed by atoms with Gasteiger partial charge in [-0.3, -0.25) is 0 Å². The second-order valence-corrected chi connectivity index (χ2v) is 9.10.